The molecule has 1 aliphatic rings. The number of hydrogen-bond donors (Lipinski definition) is 1. The standard InChI is InChI=1S/C13H22ClN3O/c1-4-10-13(14)11(17(3)16-10)8-18-12-7-15-6-5-9(12)2/h9,12,15H,4-8H2,1-3H3. The van der Waals surface area contributed by atoms with Crippen LogP contribution in [-0.4, -0.2) is 29.0 Å². The van der Waals surface area contributed by atoms with Gasteiger partial charge in [-0.3, -0.25) is 4.68 Å². The maximum absolute atomic E-state index is 6.30. The van der Waals surface area contributed by atoms with Crippen molar-refractivity contribution in [3.63, 3.8) is 0 Å². The molecule has 1 aliphatic heterocycles. The van der Waals surface area contributed by atoms with Gasteiger partial charge in [-0.15, -0.1) is 0 Å². The molecule has 2 rings (SSSR count). The van der Waals surface area contributed by atoms with Gasteiger partial charge in [-0.2, -0.15) is 5.10 Å². The van der Waals surface area contributed by atoms with Crippen LogP contribution in [0.5, 0.6) is 0 Å². The number of nitrogens with one attached hydrogen (secondary N) is 1. The van der Waals surface area contributed by atoms with Gasteiger partial charge in [-0.25, -0.2) is 0 Å². The molecule has 0 aliphatic carbocycles. The van der Waals surface area contributed by atoms with Crippen LogP contribution in [0, 0.1) is 5.92 Å². The Labute approximate surface area is 114 Å². The smallest absolute Gasteiger partial charge is 0.0904 e. The Morgan fingerprint density at radius 2 is 2.33 bits per heavy atom. The lowest BCUT2D eigenvalue weighted by atomic mass is 9.97. The van der Waals surface area contributed by atoms with Crippen molar-refractivity contribution >= 4 is 11.6 Å². The molecule has 0 radical (unpaired) electrons. The van der Waals surface area contributed by atoms with Gasteiger partial charge < -0.3 is 10.1 Å². The van der Waals surface area contributed by atoms with Crippen LogP contribution in [-0.2, 0) is 24.8 Å². The topological polar surface area (TPSA) is 39.1 Å². The van der Waals surface area contributed by atoms with E-state index in [1.54, 1.807) is 0 Å². The molecular weight excluding hydrogens is 250 g/mol. The van der Waals surface area contributed by atoms with E-state index in [-0.39, 0.29) is 6.10 Å². The Morgan fingerprint density at radius 1 is 1.56 bits per heavy atom. The van der Waals surface area contributed by atoms with Gasteiger partial charge in [0.25, 0.3) is 0 Å². The third-order valence-electron chi connectivity index (χ3n) is 3.69. The molecule has 2 atom stereocenters. The van der Waals surface area contributed by atoms with Crippen LogP contribution in [0.15, 0.2) is 0 Å². The van der Waals surface area contributed by atoms with Crippen molar-refractivity contribution in [2.24, 2.45) is 13.0 Å². The molecule has 0 saturated carbocycles. The summed E-state index contributed by atoms with van der Waals surface area (Å²) in [5, 5.41) is 8.53. The fraction of sp³-hybridized carbons (Fsp3) is 0.769. The van der Waals surface area contributed by atoms with Crippen molar-refractivity contribution in [1.82, 2.24) is 15.1 Å². The highest BCUT2D eigenvalue weighted by atomic mass is 35.5. The Balaban J connectivity index is 1.99. The van der Waals surface area contributed by atoms with E-state index < -0.39 is 0 Å². The highest BCUT2D eigenvalue weighted by Crippen LogP contribution is 2.23. The van der Waals surface area contributed by atoms with E-state index in [0.717, 1.165) is 35.9 Å². The fourth-order valence-corrected chi connectivity index (χ4v) is 2.70. The van der Waals surface area contributed by atoms with E-state index in [1.807, 2.05) is 11.7 Å². The molecule has 5 heteroatoms. The average molecular weight is 272 g/mol. The summed E-state index contributed by atoms with van der Waals surface area (Å²) in [6.07, 6.45) is 2.30. The maximum atomic E-state index is 6.30. The molecule has 102 valence electrons. The van der Waals surface area contributed by atoms with Gasteiger partial charge in [0.2, 0.25) is 0 Å². The van der Waals surface area contributed by atoms with E-state index in [2.05, 4.69) is 24.3 Å². The van der Waals surface area contributed by atoms with Gasteiger partial charge in [0.15, 0.2) is 0 Å². The van der Waals surface area contributed by atoms with Crippen LogP contribution >= 0.6 is 11.6 Å². The molecule has 2 heterocycles. The van der Waals surface area contributed by atoms with Crippen molar-refractivity contribution in [3.8, 4) is 0 Å². The summed E-state index contributed by atoms with van der Waals surface area (Å²) < 4.78 is 7.83. The largest absolute Gasteiger partial charge is 0.370 e. The van der Waals surface area contributed by atoms with E-state index >= 15 is 0 Å². The van der Waals surface area contributed by atoms with Gasteiger partial charge >= 0.3 is 0 Å². The van der Waals surface area contributed by atoms with Gasteiger partial charge in [-0.05, 0) is 25.3 Å². The first-order chi connectivity index (χ1) is 8.63. The Morgan fingerprint density at radius 3 is 2.94 bits per heavy atom. The second-order valence-electron chi connectivity index (χ2n) is 5.00. The molecule has 0 aromatic carbocycles. The SMILES string of the molecule is CCc1nn(C)c(COC2CNCCC2C)c1Cl. The third kappa shape index (κ3) is 2.87. The van der Waals surface area contributed by atoms with E-state index in [9.17, 15) is 0 Å². The van der Waals surface area contributed by atoms with Gasteiger partial charge in [0, 0.05) is 13.6 Å². The number of hydrogen-bond acceptors (Lipinski definition) is 3. The van der Waals surface area contributed by atoms with Crippen molar-refractivity contribution in [1.29, 1.82) is 0 Å². The van der Waals surface area contributed by atoms with Crippen LogP contribution in [0.2, 0.25) is 5.02 Å². The van der Waals surface area contributed by atoms with Crippen LogP contribution < -0.4 is 5.32 Å². The molecular formula is C13H22ClN3O. The summed E-state index contributed by atoms with van der Waals surface area (Å²) in [6, 6.07) is 0. The maximum Gasteiger partial charge on any atom is 0.0904 e. The zero-order valence-corrected chi connectivity index (χ0v) is 12.1. The summed E-state index contributed by atoms with van der Waals surface area (Å²) in [5.41, 5.74) is 1.93. The fourth-order valence-electron chi connectivity index (χ4n) is 2.35. The lowest BCUT2D eigenvalue weighted by molar-refractivity contribution is -0.00908. The number of aromatic nitrogens is 2. The molecule has 4 nitrogen and oxygen atoms in total. The van der Waals surface area contributed by atoms with Crippen molar-refractivity contribution in [3.05, 3.63) is 16.4 Å². The Kier molecular flexibility index (Phi) is 4.65. The molecule has 1 saturated heterocycles. The molecule has 2 unspecified atom stereocenters. The number of aryl methyl sites for hydroxylation is 2. The molecule has 0 bridgehead atoms. The number of halogens is 1. The van der Waals surface area contributed by atoms with Crippen molar-refractivity contribution < 1.29 is 4.74 Å². The lowest BCUT2D eigenvalue weighted by Crippen LogP contribution is -2.41. The van der Waals surface area contributed by atoms with Gasteiger partial charge in [-0.1, -0.05) is 25.4 Å². The van der Waals surface area contributed by atoms with Crippen LogP contribution in [0.1, 0.15) is 31.7 Å². The number of piperidine rings is 1. The minimum atomic E-state index is 0.273. The van der Waals surface area contributed by atoms with Crippen LogP contribution in [0.3, 0.4) is 0 Å². The summed E-state index contributed by atoms with van der Waals surface area (Å²) in [4.78, 5) is 0. The van der Waals surface area contributed by atoms with Crippen molar-refractivity contribution in [2.75, 3.05) is 13.1 Å². The lowest BCUT2D eigenvalue weighted by Gasteiger charge is -2.29. The Hall–Kier alpha value is -0.580. The minimum Gasteiger partial charge on any atom is -0.370 e. The molecule has 0 spiro atoms. The number of nitrogens with zero attached hydrogens (tertiary/aromatic N) is 2. The molecule has 1 N–H and O–H groups in total. The summed E-state index contributed by atoms with van der Waals surface area (Å²) in [7, 11) is 1.92. The monoisotopic (exact) mass is 271 g/mol. The normalized spacial score (nSPS) is 24.4. The van der Waals surface area contributed by atoms with E-state index in [0.29, 0.717) is 12.5 Å². The zero-order valence-electron chi connectivity index (χ0n) is 11.4. The predicted molar refractivity (Wildman–Crippen MR) is 72.8 cm³/mol. The molecule has 1 aromatic rings. The third-order valence-corrected chi connectivity index (χ3v) is 4.13. The van der Waals surface area contributed by atoms with Crippen LogP contribution in [0.25, 0.3) is 0 Å². The number of ether oxygens (including phenoxy) is 1. The first-order valence-electron chi connectivity index (χ1n) is 6.66. The van der Waals surface area contributed by atoms with E-state index in [4.69, 9.17) is 16.3 Å². The molecule has 18 heavy (non-hydrogen) atoms. The van der Waals surface area contributed by atoms with Crippen LogP contribution in [0.4, 0.5) is 0 Å². The van der Waals surface area contributed by atoms with E-state index in [1.165, 1.54) is 6.42 Å². The zero-order chi connectivity index (χ0) is 13.1. The number of rotatable bonds is 4. The highest BCUT2D eigenvalue weighted by molar-refractivity contribution is 6.31. The summed E-state index contributed by atoms with van der Waals surface area (Å²) >= 11 is 6.30. The average Bonchev–Trinajstić information content (AvgIpc) is 2.64. The van der Waals surface area contributed by atoms with Gasteiger partial charge in [0.1, 0.15) is 0 Å². The first kappa shape index (κ1) is 13.8. The second kappa shape index (κ2) is 6.04. The minimum absolute atomic E-state index is 0.273. The quantitative estimate of drug-likeness (QED) is 0.912. The highest BCUT2D eigenvalue weighted by Gasteiger charge is 2.23. The molecule has 1 aromatic heterocycles. The van der Waals surface area contributed by atoms with Crippen molar-refractivity contribution in [2.45, 2.75) is 39.4 Å². The Bertz CT molecular complexity index is 405. The first-order valence-corrected chi connectivity index (χ1v) is 7.03. The summed E-state index contributed by atoms with van der Waals surface area (Å²) in [5.74, 6) is 0.601. The molecule has 1 fully saturated rings. The van der Waals surface area contributed by atoms with Gasteiger partial charge in [0.05, 0.1) is 29.1 Å². The predicted octanol–water partition coefficient (Wildman–Crippen LogP) is 2.15. The summed E-state index contributed by atoms with van der Waals surface area (Å²) in [6.45, 7) is 6.86. The molecule has 0 amide bonds. The second-order valence-corrected chi connectivity index (χ2v) is 5.38.